The van der Waals surface area contributed by atoms with E-state index in [1.807, 2.05) is 6.92 Å². The number of nitrogens with zero attached hydrogens (tertiary/aromatic N) is 3. The van der Waals surface area contributed by atoms with E-state index in [4.69, 9.17) is 4.74 Å². The summed E-state index contributed by atoms with van der Waals surface area (Å²) < 4.78 is 6.34. The summed E-state index contributed by atoms with van der Waals surface area (Å²) in [6.07, 6.45) is 1.59. The molecule has 2 heterocycles. The molecule has 0 aliphatic heterocycles. The summed E-state index contributed by atoms with van der Waals surface area (Å²) in [5.74, 6) is -0.370. The van der Waals surface area contributed by atoms with Crippen molar-refractivity contribution in [3.63, 3.8) is 0 Å². The Morgan fingerprint density at radius 3 is 2.93 bits per heavy atom. The van der Waals surface area contributed by atoms with Crippen molar-refractivity contribution in [3.05, 3.63) is 23.5 Å². The fourth-order valence-corrected chi connectivity index (χ4v) is 1.64. The molecule has 0 radical (unpaired) electrons. The molecule has 0 aromatic carbocycles. The molecule has 0 aliphatic rings. The van der Waals surface area contributed by atoms with Crippen LogP contribution in [0, 0.1) is 6.92 Å². The Balaban J connectivity index is 2.80. The summed E-state index contributed by atoms with van der Waals surface area (Å²) in [5.41, 5.74) is 2.74. The van der Waals surface area contributed by atoms with Gasteiger partial charge in [0, 0.05) is 13.2 Å². The van der Waals surface area contributed by atoms with E-state index in [-0.39, 0.29) is 5.97 Å². The first-order chi connectivity index (χ1) is 7.15. The van der Waals surface area contributed by atoms with Gasteiger partial charge < -0.3 is 4.74 Å². The molecule has 15 heavy (non-hydrogen) atoms. The van der Waals surface area contributed by atoms with Crippen LogP contribution in [0.5, 0.6) is 0 Å². The summed E-state index contributed by atoms with van der Waals surface area (Å²) in [4.78, 5) is 15.7. The van der Waals surface area contributed by atoms with E-state index in [0.717, 1.165) is 11.2 Å². The van der Waals surface area contributed by atoms with E-state index in [9.17, 15) is 4.79 Å². The van der Waals surface area contributed by atoms with Gasteiger partial charge in [0.05, 0.1) is 18.4 Å². The van der Waals surface area contributed by atoms with Crippen molar-refractivity contribution in [1.29, 1.82) is 0 Å². The number of hydrogen-bond acceptors (Lipinski definition) is 4. The van der Waals surface area contributed by atoms with Crippen LogP contribution in [0.25, 0.3) is 11.0 Å². The van der Waals surface area contributed by atoms with Crippen LogP contribution < -0.4 is 0 Å². The minimum absolute atomic E-state index is 0.370. The number of hydrogen-bond donors (Lipinski definition) is 0. The van der Waals surface area contributed by atoms with Gasteiger partial charge in [-0.2, -0.15) is 5.10 Å². The lowest BCUT2D eigenvalue weighted by atomic mass is 10.2. The normalized spacial score (nSPS) is 10.6. The second kappa shape index (κ2) is 3.34. The lowest BCUT2D eigenvalue weighted by Gasteiger charge is -2.01. The first kappa shape index (κ1) is 9.64. The number of fused-ring (bicyclic) bond motifs is 1. The number of carbonyl (C=O) groups excluding carboxylic acids is 1. The third-order valence-corrected chi connectivity index (χ3v) is 2.30. The molecule has 0 saturated carbocycles. The number of esters is 1. The third-order valence-electron chi connectivity index (χ3n) is 2.30. The molecule has 78 valence electrons. The fraction of sp³-hybridized carbons (Fsp3) is 0.300. The van der Waals surface area contributed by atoms with Crippen molar-refractivity contribution in [1.82, 2.24) is 14.8 Å². The number of pyridine rings is 1. The predicted molar refractivity (Wildman–Crippen MR) is 54.6 cm³/mol. The number of aryl methyl sites for hydroxylation is 2. The first-order valence-corrected chi connectivity index (χ1v) is 4.51. The number of ether oxygens (including phenoxy) is 1. The molecule has 2 aromatic rings. The van der Waals surface area contributed by atoms with Crippen LogP contribution in [0.1, 0.15) is 16.1 Å². The van der Waals surface area contributed by atoms with Crippen molar-refractivity contribution in [2.24, 2.45) is 7.05 Å². The largest absolute Gasteiger partial charge is 0.465 e. The Morgan fingerprint density at radius 1 is 1.53 bits per heavy atom. The Bertz CT molecular complexity index is 531. The molecule has 0 spiro atoms. The predicted octanol–water partition coefficient (Wildman–Crippen LogP) is 1.06. The average molecular weight is 205 g/mol. The zero-order chi connectivity index (χ0) is 11.0. The van der Waals surface area contributed by atoms with Crippen molar-refractivity contribution in [2.45, 2.75) is 6.92 Å². The summed E-state index contributed by atoms with van der Waals surface area (Å²) in [7, 11) is 3.14. The molecule has 0 atom stereocenters. The quantitative estimate of drug-likeness (QED) is 0.653. The Kier molecular flexibility index (Phi) is 2.15. The van der Waals surface area contributed by atoms with E-state index >= 15 is 0 Å². The van der Waals surface area contributed by atoms with Gasteiger partial charge >= 0.3 is 5.97 Å². The molecule has 2 aromatic heterocycles. The molecule has 0 saturated heterocycles. The fourth-order valence-electron chi connectivity index (χ4n) is 1.64. The standard InChI is InChI=1S/C10H11N3O2/c1-6-8-9(13(2)12-6)7(4-5-11-8)10(14)15-3/h4-5H,1-3H3. The minimum atomic E-state index is -0.370. The van der Waals surface area contributed by atoms with Gasteiger partial charge in [0.1, 0.15) is 11.0 Å². The Labute approximate surface area is 86.7 Å². The van der Waals surface area contributed by atoms with Crippen LogP contribution in [0.15, 0.2) is 12.3 Å². The van der Waals surface area contributed by atoms with Crippen LogP contribution >= 0.6 is 0 Å². The zero-order valence-corrected chi connectivity index (χ0v) is 8.81. The second-order valence-corrected chi connectivity index (χ2v) is 3.26. The highest BCUT2D eigenvalue weighted by atomic mass is 16.5. The smallest absolute Gasteiger partial charge is 0.340 e. The van der Waals surface area contributed by atoms with E-state index in [0.29, 0.717) is 11.1 Å². The highest BCUT2D eigenvalue weighted by Crippen LogP contribution is 2.19. The molecule has 5 nitrogen and oxygen atoms in total. The Hall–Kier alpha value is -1.91. The van der Waals surface area contributed by atoms with Crippen LogP contribution in [0.2, 0.25) is 0 Å². The lowest BCUT2D eigenvalue weighted by Crippen LogP contribution is -2.04. The maximum absolute atomic E-state index is 11.5. The molecule has 0 amide bonds. The summed E-state index contributed by atoms with van der Waals surface area (Å²) in [6.45, 7) is 1.86. The molecule has 0 N–H and O–H groups in total. The lowest BCUT2D eigenvalue weighted by molar-refractivity contribution is 0.0602. The van der Waals surface area contributed by atoms with Crippen molar-refractivity contribution in [3.8, 4) is 0 Å². The van der Waals surface area contributed by atoms with Crippen molar-refractivity contribution < 1.29 is 9.53 Å². The SMILES string of the molecule is COC(=O)c1ccnc2c(C)nn(C)c12. The van der Waals surface area contributed by atoms with Gasteiger partial charge in [-0.3, -0.25) is 9.67 Å². The number of carbonyl (C=O) groups is 1. The highest BCUT2D eigenvalue weighted by Gasteiger charge is 2.15. The van der Waals surface area contributed by atoms with Crippen molar-refractivity contribution in [2.75, 3.05) is 7.11 Å². The molecule has 0 fully saturated rings. The summed E-state index contributed by atoms with van der Waals surface area (Å²) >= 11 is 0. The topological polar surface area (TPSA) is 57.0 Å². The van der Waals surface area contributed by atoms with Crippen LogP contribution in [0.4, 0.5) is 0 Å². The molecule has 0 bridgehead atoms. The van der Waals surface area contributed by atoms with Crippen LogP contribution in [-0.4, -0.2) is 27.8 Å². The van der Waals surface area contributed by atoms with E-state index in [1.54, 1.807) is 24.0 Å². The average Bonchev–Trinajstić information content (AvgIpc) is 2.54. The molecule has 0 unspecified atom stereocenters. The van der Waals surface area contributed by atoms with Gasteiger partial charge in [-0.05, 0) is 13.0 Å². The Morgan fingerprint density at radius 2 is 2.27 bits per heavy atom. The van der Waals surface area contributed by atoms with E-state index < -0.39 is 0 Å². The molecular weight excluding hydrogens is 194 g/mol. The van der Waals surface area contributed by atoms with Crippen molar-refractivity contribution >= 4 is 17.0 Å². The molecular formula is C10H11N3O2. The van der Waals surface area contributed by atoms with Gasteiger partial charge in [-0.1, -0.05) is 0 Å². The number of methoxy groups -OCH3 is 1. The molecule has 0 aliphatic carbocycles. The van der Waals surface area contributed by atoms with Crippen LogP contribution in [0.3, 0.4) is 0 Å². The van der Waals surface area contributed by atoms with E-state index in [2.05, 4.69) is 10.1 Å². The maximum Gasteiger partial charge on any atom is 0.340 e. The molecule has 2 rings (SSSR count). The van der Waals surface area contributed by atoms with Gasteiger partial charge in [0.25, 0.3) is 0 Å². The number of rotatable bonds is 1. The monoisotopic (exact) mass is 205 g/mol. The summed E-state index contributed by atoms with van der Waals surface area (Å²) in [5, 5.41) is 4.21. The number of aromatic nitrogens is 3. The second-order valence-electron chi connectivity index (χ2n) is 3.26. The molecule has 5 heteroatoms. The van der Waals surface area contributed by atoms with Crippen LogP contribution in [-0.2, 0) is 11.8 Å². The van der Waals surface area contributed by atoms with Gasteiger partial charge in [0.15, 0.2) is 0 Å². The highest BCUT2D eigenvalue weighted by molar-refractivity contribution is 6.02. The minimum Gasteiger partial charge on any atom is -0.465 e. The third kappa shape index (κ3) is 1.36. The maximum atomic E-state index is 11.5. The van der Waals surface area contributed by atoms with Gasteiger partial charge in [0.2, 0.25) is 0 Å². The van der Waals surface area contributed by atoms with Gasteiger partial charge in [-0.15, -0.1) is 0 Å². The van der Waals surface area contributed by atoms with Gasteiger partial charge in [-0.25, -0.2) is 4.79 Å². The summed E-state index contributed by atoms with van der Waals surface area (Å²) in [6, 6.07) is 1.63. The van der Waals surface area contributed by atoms with E-state index in [1.165, 1.54) is 7.11 Å². The first-order valence-electron chi connectivity index (χ1n) is 4.51. The zero-order valence-electron chi connectivity index (χ0n) is 8.81.